The molecule has 0 fully saturated rings. The molecular weight excluding hydrogens is 378 g/mol. The van der Waals surface area contributed by atoms with E-state index in [9.17, 15) is 14.9 Å². The second kappa shape index (κ2) is 7.78. The first-order chi connectivity index (χ1) is 11.4. The van der Waals surface area contributed by atoms with Crippen LogP contribution in [0, 0.1) is 17.0 Å². The lowest BCUT2D eigenvalue weighted by atomic mass is 10.1. The molecule has 0 aromatic heterocycles. The van der Waals surface area contributed by atoms with E-state index in [1.54, 1.807) is 6.92 Å². The van der Waals surface area contributed by atoms with Gasteiger partial charge in [-0.2, -0.15) is 0 Å². The number of aryl methyl sites for hydroxylation is 1. The second-order valence-corrected chi connectivity index (χ2v) is 5.92. The number of amides is 1. The number of anilines is 2. The van der Waals surface area contributed by atoms with Crippen molar-refractivity contribution in [3.63, 3.8) is 0 Å². The number of nitro groups is 1. The van der Waals surface area contributed by atoms with E-state index >= 15 is 0 Å². The van der Waals surface area contributed by atoms with Crippen LogP contribution in [0.25, 0.3) is 0 Å². The van der Waals surface area contributed by atoms with Gasteiger partial charge >= 0.3 is 5.69 Å². The molecule has 0 atom stereocenters. The number of nitrogens with zero attached hydrogens (tertiary/aromatic N) is 1. The molecule has 1 amide bonds. The molecule has 0 saturated heterocycles. The molecule has 0 unspecified atom stereocenters. The summed E-state index contributed by atoms with van der Waals surface area (Å²) in [5, 5.41) is 16.7. The maximum absolute atomic E-state index is 12.1. The van der Waals surface area contributed by atoms with Crippen molar-refractivity contribution < 1.29 is 14.5 Å². The van der Waals surface area contributed by atoms with E-state index < -0.39 is 4.92 Å². The molecular formula is C16H16BrN3O4. The van der Waals surface area contributed by atoms with Crippen LogP contribution in [-0.4, -0.2) is 24.5 Å². The molecule has 2 rings (SSSR count). The summed E-state index contributed by atoms with van der Waals surface area (Å²) >= 11 is 3.36. The van der Waals surface area contributed by atoms with Gasteiger partial charge in [-0.05, 0) is 30.7 Å². The van der Waals surface area contributed by atoms with E-state index in [0.717, 1.165) is 10.2 Å². The maximum Gasteiger partial charge on any atom is 0.311 e. The summed E-state index contributed by atoms with van der Waals surface area (Å²) in [6.07, 6.45) is 0. The van der Waals surface area contributed by atoms with Gasteiger partial charge in [0.1, 0.15) is 0 Å². The van der Waals surface area contributed by atoms with E-state index in [4.69, 9.17) is 4.74 Å². The number of ether oxygens (including phenoxy) is 1. The zero-order valence-corrected chi connectivity index (χ0v) is 14.7. The number of halogens is 1. The van der Waals surface area contributed by atoms with E-state index in [-0.39, 0.29) is 23.9 Å². The molecule has 0 spiro atoms. The number of carbonyl (C=O) groups is 1. The fourth-order valence-electron chi connectivity index (χ4n) is 2.09. The van der Waals surface area contributed by atoms with E-state index in [2.05, 4.69) is 26.6 Å². The normalized spacial score (nSPS) is 10.1. The molecule has 7 nitrogen and oxygen atoms in total. The molecule has 0 heterocycles. The van der Waals surface area contributed by atoms with Gasteiger partial charge in [-0.15, -0.1) is 0 Å². The van der Waals surface area contributed by atoms with Gasteiger partial charge in [0.25, 0.3) is 0 Å². The van der Waals surface area contributed by atoms with Crippen LogP contribution in [0.4, 0.5) is 17.1 Å². The van der Waals surface area contributed by atoms with Gasteiger partial charge in [0.05, 0.1) is 18.6 Å². The molecule has 0 aliphatic carbocycles. The van der Waals surface area contributed by atoms with E-state index in [1.165, 1.54) is 19.2 Å². The molecule has 0 aliphatic heterocycles. The third-order valence-electron chi connectivity index (χ3n) is 3.27. The minimum absolute atomic E-state index is 0.0647. The Morgan fingerprint density at radius 1 is 1.33 bits per heavy atom. The molecule has 0 saturated carbocycles. The van der Waals surface area contributed by atoms with Crippen molar-refractivity contribution >= 4 is 38.9 Å². The summed E-state index contributed by atoms with van der Waals surface area (Å²) in [5.74, 6) is -0.171. The molecule has 2 aromatic carbocycles. The average molecular weight is 394 g/mol. The van der Waals surface area contributed by atoms with Crippen LogP contribution < -0.4 is 15.4 Å². The Kier molecular flexibility index (Phi) is 5.75. The van der Waals surface area contributed by atoms with Crippen molar-refractivity contribution in [2.24, 2.45) is 0 Å². The molecule has 126 valence electrons. The second-order valence-electron chi connectivity index (χ2n) is 5.01. The molecule has 0 aliphatic rings. The predicted molar refractivity (Wildman–Crippen MR) is 95.6 cm³/mol. The number of nitrogens with one attached hydrogen (secondary N) is 2. The summed E-state index contributed by atoms with van der Waals surface area (Å²) in [4.78, 5) is 22.5. The van der Waals surface area contributed by atoms with Crippen LogP contribution in [-0.2, 0) is 4.79 Å². The standard InChI is InChI=1S/C16H16BrN3O4/c1-10-6-14(20(22)23)15(24-2)8-13(10)19-16(21)9-18-12-5-3-4-11(17)7-12/h3-8,18H,9H2,1-2H3,(H,19,21). The van der Waals surface area contributed by atoms with E-state index in [0.29, 0.717) is 11.3 Å². The number of benzene rings is 2. The van der Waals surface area contributed by atoms with Crippen LogP contribution in [0.5, 0.6) is 5.75 Å². The topological polar surface area (TPSA) is 93.5 Å². The number of hydrogen-bond donors (Lipinski definition) is 2. The molecule has 24 heavy (non-hydrogen) atoms. The monoisotopic (exact) mass is 393 g/mol. The van der Waals surface area contributed by atoms with E-state index in [1.807, 2.05) is 24.3 Å². The Balaban J connectivity index is 2.07. The highest BCUT2D eigenvalue weighted by Crippen LogP contribution is 2.32. The largest absolute Gasteiger partial charge is 0.490 e. The van der Waals surface area contributed by atoms with Gasteiger partial charge in [0, 0.05) is 28.0 Å². The first-order valence-corrected chi connectivity index (χ1v) is 7.82. The van der Waals surface area contributed by atoms with Gasteiger partial charge in [-0.25, -0.2) is 0 Å². The maximum atomic E-state index is 12.1. The summed E-state index contributed by atoms with van der Waals surface area (Å²) in [7, 11) is 1.35. The van der Waals surface area contributed by atoms with Crippen molar-refractivity contribution in [3.8, 4) is 5.75 Å². The van der Waals surface area contributed by atoms with Gasteiger partial charge in [0.15, 0.2) is 5.75 Å². The van der Waals surface area contributed by atoms with Gasteiger partial charge in [-0.3, -0.25) is 14.9 Å². The smallest absolute Gasteiger partial charge is 0.311 e. The highest BCUT2D eigenvalue weighted by molar-refractivity contribution is 9.10. The third-order valence-corrected chi connectivity index (χ3v) is 3.77. The fraction of sp³-hybridized carbons (Fsp3) is 0.188. The fourth-order valence-corrected chi connectivity index (χ4v) is 2.49. The summed E-state index contributed by atoms with van der Waals surface area (Å²) in [6.45, 7) is 1.75. The zero-order valence-electron chi connectivity index (χ0n) is 13.1. The Morgan fingerprint density at radius 2 is 2.08 bits per heavy atom. The molecule has 0 bridgehead atoms. The highest BCUT2D eigenvalue weighted by Gasteiger charge is 2.18. The van der Waals surface area contributed by atoms with Crippen LogP contribution in [0.15, 0.2) is 40.9 Å². The number of rotatable bonds is 6. The molecule has 8 heteroatoms. The van der Waals surface area contributed by atoms with Crippen molar-refractivity contribution in [2.45, 2.75) is 6.92 Å². The van der Waals surface area contributed by atoms with Gasteiger partial charge in [0.2, 0.25) is 5.91 Å². The van der Waals surface area contributed by atoms with Crippen LogP contribution >= 0.6 is 15.9 Å². The lowest BCUT2D eigenvalue weighted by Crippen LogP contribution is -2.22. The van der Waals surface area contributed by atoms with Crippen molar-refractivity contribution in [1.82, 2.24) is 0 Å². The Bertz CT molecular complexity index is 780. The molecule has 0 radical (unpaired) electrons. The lowest BCUT2D eigenvalue weighted by Gasteiger charge is -2.12. The number of nitro benzene ring substituents is 1. The Labute approximate surface area is 147 Å². The zero-order chi connectivity index (χ0) is 17.7. The van der Waals surface area contributed by atoms with Crippen molar-refractivity contribution in [2.75, 3.05) is 24.3 Å². The van der Waals surface area contributed by atoms with Crippen LogP contribution in [0.2, 0.25) is 0 Å². The molecule has 2 aromatic rings. The predicted octanol–water partition coefficient (Wildman–Crippen LogP) is 3.72. The number of carbonyl (C=O) groups excluding carboxylic acids is 1. The van der Waals surface area contributed by atoms with Gasteiger partial charge < -0.3 is 15.4 Å². The minimum Gasteiger partial charge on any atom is -0.490 e. The average Bonchev–Trinajstić information content (AvgIpc) is 2.54. The van der Waals surface area contributed by atoms with Crippen LogP contribution in [0.1, 0.15) is 5.56 Å². The first kappa shape index (κ1) is 17.7. The summed E-state index contributed by atoms with van der Waals surface area (Å²) in [6, 6.07) is 10.3. The highest BCUT2D eigenvalue weighted by atomic mass is 79.9. The number of hydrogen-bond acceptors (Lipinski definition) is 5. The quantitative estimate of drug-likeness (QED) is 0.575. The number of methoxy groups -OCH3 is 1. The van der Waals surface area contributed by atoms with Crippen molar-refractivity contribution in [1.29, 1.82) is 0 Å². The Hall–Kier alpha value is -2.61. The lowest BCUT2D eigenvalue weighted by molar-refractivity contribution is -0.385. The third kappa shape index (κ3) is 4.45. The van der Waals surface area contributed by atoms with Crippen LogP contribution in [0.3, 0.4) is 0 Å². The summed E-state index contributed by atoms with van der Waals surface area (Å²) < 4.78 is 5.92. The minimum atomic E-state index is -0.522. The first-order valence-electron chi connectivity index (χ1n) is 7.03. The molecule has 2 N–H and O–H groups in total. The SMILES string of the molecule is COc1cc(NC(=O)CNc2cccc(Br)c2)c(C)cc1[N+](=O)[O-]. The van der Waals surface area contributed by atoms with Gasteiger partial charge in [-0.1, -0.05) is 22.0 Å². The summed E-state index contributed by atoms with van der Waals surface area (Å²) in [5.41, 5.74) is 1.72. The Morgan fingerprint density at radius 3 is 2.71 bits per heavy atom. The van der Waals surface area contributed by atoms with Crippen molar-refractivity contribution in [3.05, 3.63) is 56.5 Å².